The van der Waals surface area contributed by atoms with Gasteiger partial charge < -0.3 is 15.4 Å². The number of carbonyl (C=O) groups is 2. The van der Waals surface area contributed by atoms with Crippen molar-refractivity contribution in [1.29, 1.82) is 0 Å². The SMILES string of the molecule is CC(C)(C)OC(=O)NCCNC(=O)Cc1ccc(F)cc1Br. The molecule has 122 valence electrons. The molecule has 0 spiro atoms. The highest BCUT2D eigenvalue weighted by Crippen LogP contribution is 2.18. The molecule has 0 saturated carbocycles. The molecule has 1 aromatic carbocycles. The molecule has 22 heavy (non-hydrogen) atoms. The number of carbonyl (C=O) groups excluding carboxylic acids is 2. The molecule has 0 fully saturated rings. The van der Waals surface area contributed by atoms with Crippen molar-refractivity contribution in [2.45, 2.75) is 32.8 Å². The first kappa shape index (κ1) is 18.4. The van der Waals surface area contributed by atoms with Crippen LogP contribution in [-0.2, 0) is 16.0 Å². The van der Waals surface area contributed by atoms with Gasteiger partial charge in [0.05, 0.1) is 6.42 Å². The van der Waals surface area contributed by atoms with Crippen LogP contribution in [0.1, 0.15) is 26.3 Å². The van der Waals surface area contributed by atoms with Crippen molar-refractivity contribution in [3.63, 3.8) is 0 Å². The standard InChI is InChI=1S/C15H20BrFN2O3/c1-15(2,3)22-14(21)19-7-6-18-13(20)8-10-4-5-11(17)9-12(10)16/h4-5,9H,6-8H2,1-3H3,(H,18,20)(H,19,21). The van der Waals surface area contributed by atoms with Crippen molar-refractivity contribution in [2.24, 2.45) is 0 Å². The van der Waals surface area contributed by atoms with Gasteiger partial charge in [0, 0.05) is 17.6 Å². The van der Waals surface area contributed by atoms with Gasteiger partial charge in [-0.2, -0.15) is 0 Å². The van der Waals surface area contributed by atoms with Gasteiger partial charge in [-0.3, -0.25) is 4.79 Å². The molecule has 0 unspecified atom stereocenters. The lowest BCUT2D eigenvalue weighted by atomic mass is 10.1. The minimum atomic E-state index is -0.553. The van der Waals surface area contributed by atoms with Gasteiger partial charge in [0.15, 0.2) is 0 Å². The Morgan fingerprint density at radius 1 is 1.23 bits per heavy atom. The lowest BCUT2D eigenvalue weighted by molar-refractivity contribution is -0.120. The summed E-state index contributed by atoms with van der Waals surface area (Å²) < 4.78 is 18.6. The second kappa shape index (κ2) is 8.12. The van der Waals surface area contributed by atoms with E-state index in [9.17, 15) is 14.0 Å². The summed E-state index contributed by atoms with van der Waals surface area (Å²) in [5.74, 6) is -0.573. The summed E-state index contributed by atoms with van der Waals surface area (Å²) in [6.45, 7) is 5.88. The van der Waals surface area contributed by atoms with E-state index in [1.54, 1.807) is 26.8 Å². The topological polar surface area (TPSA) is 67.4 Å². The molecule has 0 aliphatic rings. The van der Waals surface area contributed by atoms with Crippen LogP contribution in [0.2, 0.25) is 0 Å². The number of halogens is 2. The molecule has 0 aliphatic carbocycles. The molecule has 0 saturated heterocycles. The third-order valence-electron chi connectivity index (χ3n) is 2.48. The molecule has 0 heterocycles. The van der Waals surface area contributed by atoms with Crippen LogP contribution in [0.15, 0.2) is 22.7 Å². The summed E-state index contributed by atoms with van der Waals surface area (Å²) >= 11 is 3.21. The zero-order chi connectivity index (χ0) is 16.8. The Hall–Kier alpha value is -1.63. The van der Waals surface area contributed by atoms with E-state index in [0.717, 1.165) is 0 Å². The summed E-state index contributed by atoms with van der Waals surface area (Å²) in [5.41, 5.74) is 0.140. The minimum Gasteiger partial charge on any atom is -0.444 e. The second-order valence-corrected chi connectivity index (χ2v) is 6.55. The van der Waals surface area contributed by atoms with Gasteiger partial charge in [-0.05, 0) is 38.5 Å². The minimum absolute atomic E-state index is 0.132. The van der Waals surface area contributed by atoms with Gasteiger partial charge in [0.1, 0.15) is 11.4 Å². The monoisotopic (exact) mass is 374 g/mol. The van der Waals surface area contributed by atoms with E-state index in [1.165, 1.54) is 12.1 Å². The zero-order valence-corrected chi connectivity index (χ0v) is 14.4. The quantitative estimate of drug-likeness (QED) is 0.778. The second-order valence-electron chi connectivity index (χ2n) is 5.69. The molecule has 1 rings (SSSR count). The molecular weight excluding hydrogens is 355 g/mol. The summed E-state index contributed by atoms with van der Waals surface area (Å²) in [6.07, 6.45) is -0.393. The molecule has 0 radical (unpaired) electrons. The van der Waals surface area contributed by atoms with Crippen LogP contribution in [0, 0.1) is 5.82 Å². The highest BCUT2D eigenvalue weighted by Gasteiger charge is 2.15. The molecule has 0 aliphatic heterocycles. The van der Waals surface area contributed by atoms with Crippen molar-refractivity contribution in [2.75, 3.05) is 13.1 Å². The fourth-order valence-electron chi connectivity index (χ4n) is 1.58. The van der Waals surface area contributed by atoms with E-state index in [2.05, 4.69) is 26.6 Å². The molecule has 2 amide bonds. The Morgan fingerprint density at radius 3 is 2.45 bits per heavy atom. The van der Waals surface area contributed by atoms with Crippen LogP contribution in [0.3, 0.4) is 0 Å². The average molecular weight is 375 g/mol. The van der Waals surface area contributed by atoms with Gasteiger partial charge >= 0.3 is 6.09 Å². The van der Waals surface area contributed by atoms with Gasteiger partial charge in [-0.15, -0.1) is 0 Å². The van der Waals surface area contributed by atoms with E-state index in [-0.39, 0.29) is 31.2 Å². The molecule has 1 aromatic rings. The first-order chi connectivity index (χ1) is 10.2. The number of rotatable bonds is 5. The van der Waals surface area contributed by atoms with Crippen molar-refractivity contribution in [3.8, 4) is 0 Å². The zero-order valence-electron chi connectivity index (χ0n) is 12.8. The number of nitrogens with one attached hydrogen (secondary N) is 2. The molecule has 5 nitrogen and oxygen atoms in total. The fourth-order valence-corrected chi connectivity index (χ4v) is 2.07. The number of ether oxygens (including phenoxy) is 1. The number of amides is 2. The van der Waals surface area contributed by atoms with Gasteiger partial charge in [0.2, 0.25) is 5.91 Å². The first-order valence-electron chi connectivity index (χ1n) is 6.85. The van der Waals surface area contributed by atoms with E-state index in [4.69, 9.17) is 4.74 Å². The number of hydrogen-bond donors (Lipinski definition) is 2. The number of hydrogen-bond acceptors (Lipinski definition) is 3. The average Bonchev–Trinajstić information content (AvgIpc) is 2.36. The van der Waals surface area contributed by atoms with E-state index in [0.29, 0.717) is 10.0 Å². The van der Waals surface area contributed by atoms with Crippen molar-refractivity contribution in [1.82, 2.24) is 10.6 Å². The molecule has 0 atom stereocenters. The third kappa shape index (κ3) is 7.40. The maximum atomic E-state index is 12.9. The van der Waals surface area contributed by atoms with Gasteiger partial charge in [-0.1, -0.05) is 22.0 Å². The highest BCUT2D eigenvalue weighted by molar-refractivity contribution is 9.10. The molecule has 0 aromatic heterocycles. The van der Waals surface area contributed by atoms with Crippen molar-refractivity contribution < 1.29 is 18.7 Å². The summed E-state index contributed by atoms with van der Waals surface area (Å²) in [5, 5.41) is 5.21. The highest BCUT2D eigenvalue weighted by atomic mass is 79.9. The van der Waals surface area contributed by atoms with E-state index < -0.39 is 11.7 Å². The predicted molar refractivity (Wildman–Crippen MR) is 85.1 cm³/mol. The lowest BCUT2D eigenvalue weighted by Crippen LogP contribution is -2.38. The van der Waals surface area contributed by atoms with Crippen LogP contribution in [-0.4, -0.2) is 30.7 Å². The molecule has 2 N–H and O–H groups in total. The Morgan fingerprint density at radius 2 is 1.86 bits per heavy atom. The third-order valence-corrected chi connectivity index (χ3v) is 3.22. The smallest absolute Gasteiger partial charge is 0.407 e. The van der Waals surface area contributed by atoms with E-state index >= 15 is 0 Å². The molecule has 7 heteroatoms. The predicted octanol–water partition coefficient (Wildman–Crippen LogP) is 2.77. The number of benzene rings is 1. The fraction of sp³-hybridized carbons (Fsp3) is 0.467. The van der Waals surface area contributed by atoms with Crippen LogP contribution >= 0.6 is 15.9 Å². The largest absolute Gasteiger partial charge is 0.444 e. The Balaban J connectivity index is 2.28. The summed E-state index contributed by atoms with van der Waals surface area (Å²) in [7, 11) is 0. The maximum absolute atomic E-state index is 12.9. The van der Waals surface area contributed by atoms with Gasteiger partial charge in [-0.25, -0.2) is 9.18 Å². The molecular formula is C15H20BrFN2O3. The normalized spacial score (nSPS) is 11.0. The Kier molecular flexibility index (Phi) is 6.80. The Bertz CT molecular complexity index is 544. The van der Waals surface area contributed by atoms with Crippen LogP contribution in [0.5, 0.6) is 0 Å². The van der Waals surface area contributed by atoms with Crippen LogP contribution < -0.4 is 10.6 Å². The lowest BCUT2D eigenvalue weighted by Gasteiger charge is -2.19. The first-order valence-corrected chi connectivity index (χ1v) is 7.64. The van der Waals surface area contributed by atoms with Crippen LogP contribution in [0.25, 0.3) is 0 Å². The van der Waals surface area contributed by atoms with Crippen molar-refractivity contribution in [3.05, 3.63) is 34.1 Å². The van der Waals surface area contributed by atoms with E-state index in [1.807, 2.05) is 0 Å². The Labute approximate surface area is 137 Å². The van der Waals surface area contributed by atoms with Crippen molar-refractivity contribution >= 4 is 27.9 Å². The van der Waals surface area contributed by atoms with Gasteiger partial charge in [0.25, 0.3) is 0 Å². The summed E-state index contributed by atoms with van der Waals surface area (Å²) in [4.78, 5) is 23.1. The van der Waals surface area contributed by atoms with Crippen LogP contribution in [0.4, 0.5) is 9.18 Å². The summed E-state index contributed by atoms with van der Waals surface area (Å²) in [6, 6.07) is 4.17. The maximum Gasteiger partial charge on any atom is 0.407 e. The number of alkyl carbamates (subject to hydrolysis) is 1. The molecule has 0 bridgehead atoms.